The van der Waals surface area contributed by atoms with Crippen LogP contribution in [0.2, 0.25) is 5.02 Å². The third kappa shape index (κ3) is 6.75. The van der Waals surface area contributed by atoms with Gasteiger partial charge in [0.1, 0.15) is 17.5 Å². The fourth-order valence-electron chi connectivity index (χ4n) is 3.97. The second-order valence-corrected chi connectivity index (χ2v) is 9.69. The summed E-state index contributed by atoms with van der Waals surface area (Å²) in [7, 11) is 0. The molecule has 0 aliphatic carbocycles. The van der Waals surface area contributed by atoms with Crippen LogP contribution < -0.4 is 10.1 Å². The minimum atomic E-state index is -0.173. The Hall–Kier alpha value is -1.99. The predicted molar refractivity (Wildman–Crippen MR) is 131 cm³/mol. The largest absolute Gasteiger partial charge is 0.457 e. The highest BCUT2D eigenvalue weighted by Crippen LogP contribution is 2.30. The molecule has 2 aromatic rings. The van der Waals surface area contributed by atoms with Gasteiger partial charge in [0.25, 0.3) is 0 Å². The fraction of sp³-hybridized carbons (Fsp3) is 0.400. The van der Waals surface area contributed by atoms with Gasteiger partial charge in [-0.2, -0.15) is 0 Å². The lowest BCUT2D eigenvalue weighted by Gasteiger charge is -2.32. The number of ether oxygens (including phenoxy) is 1. The Morgan fingerprint density at radius 3 is 2.41 bits per heavy atom. The van der Waals surface area contributed by atoms with Crippen molar-refractivity contribution < 1.29 is 9.53 Å². The first-order chi connectivity index (χ1) is 15.7. The fourth-order valence-corrected chi connectivity index (χ4v) is 5.11. The van der Waals surface area contributed by atoms with E-state index in [0.717, 1.165) is 49.0 Å². The molecule has 0 aromatic heterocycles. The summed E-state index contributed by atoms with van der Waals surface area (Å²) in [4.78, 5) is 16.3. The van der Waals surface area contributed by atoms with Crippen molar-refractivity contribution in [2.24, 2.45) is 0 Å². The summed E-state index contributed by atoms with van der Waals surface area (Å²) in [6, 6.07) is 15.2. The summed E-state index contributed by atoms with van der Waals surface area (Å²) in [6.45, 7) is 4.76. The van der Waals surface area contributed by atoms with Crippen LogP contribution in [0.1, 0.15) is 25.7 Å². The Kier molecular flexibility index (Phi) is 8.51. The van der Waals surface area contributed by atoms with Crippen LogP contribution in [0.3, 0.4) is 0 Å². The van der Waals surface area contributed by atoms with Crippen LogP contribution >= 0.6 is 23.5 Å². The number of nitrogens with zero attached hydrogens (tertiary/aromatic N) is 2. The number of nitrogens with one attached hydrogen (secondary N) is 1. The molecule has 0 spiro atoms. The highest BCUT2D eigenvalue weighted by molar-refractivity contribution is 7.97. The summed E-state index contributed by atoms with van der Waals surface area (Å²) >= 11 is 7.60. The first-order valence-corrected chi connectivity index (χ1v) is 12.5. The molecule has 4 rings (SSSR count). The molecule has 0 saturated carbocycles. The van der Waals surface area contributed by atoms with Crippen LogP contribution in [0.15, 0.2) is 65.6 Å². The van der Waals surface area contributed by atoms with Crippen molar-refractivity contribution in [3.05, 3.63) is 65.7 Å². The molecule has 1 amide bonds. The van der Waals surface area contributed by atoms with E-state index in [4.69, 9.17) is 16.3 Å². The van der Waals surface area contributed by atoms with Gasteiger partial charge in [0.05, 0.1) is 0 Å². The molecule has 1 fully saturated rings. The van der Waals surface area contributed by atoms with Crippen LogP contribution in [0.5, 0.6) is 11.5 Å². The van der Waals surface area contributed by atoms with Gasteiger partial charge in [0.15, 0.2) is 0 Å². The summed E-state index contributed by atoms with van der Waals surface area (Å²) in [6.07, 6.45) is 8.75. The van der Waals surface area contributed by atoms with Crippen LogP contribution in [-0.2, 0) is 4.79 Å². The van der Waals surface area contributed by atoms with Crippen molar-refractivity contribution in [2.75, 3.05) is 32.7 Å². The van der Waals surface area contributed by atoms with E-state index < -0.39 is 0 Å². The van der Waals surface area contributed by atoms with Gasteiger partial charge in [-0.05, 0) is 92.8 Å². The smallest absolute Gasteiger partial charge is 0.238 e. The SMILES string of the molecule is O=C1NCC=CC[C@H]1N(CCN1CCCCC1)Sc1ccc(Oc2ccc(Cl)cc2)cc1. The first-order valence-electron chi connectivity index (χ1n) is 11.3. The van der Waals surface area contributed by atoms with Crippen LogP contribution in [0.25, 0.3) is 0 Å². The number of amides is 1. The van der Waals surface area contributed by atoms with Crippen LogP contribution in [-0.4, -0.2) is 53.9 Å². The normalized spacial score (nSPS) is 19.6. The maximum Gasteiger partial charge on any atom is 0.238 e. The number of hydrogen-bond acceptors (Lipinski definition) is 5. The van der Waals surface area contributed by atoms with Crippen molar-refractivity contribution in [3.8, 4) is 11.5 Å². The third-order valence-electron chi connectivity index (χ3n) is 5.75. The Labute approximate surface area is 199 Å². The monoisotopic (exact) mass is 471 g/mol. The summed E-state index contributed by atoms with van der Waals surface area (Å²) < 4.78 is 8.15. The van der Waals surface area contributed by atoms with E-state index in [9.17, 15) is 4.79 Å². The highest BCUT2D eigenvalue weighted by Gasteiger charge is 2.27. The molecule has 0 unspecified atom stereocenters. The van der Waals surface area contributed by atoms with Crippen molar-refractivity contribution in [1.29, 1.82) is 0 Å². The molecule has 2 aliphatic heterocycles. The van der Waals surface area contributed by atoms with Gasteiger partial charge >= 0.3 is 0 Å². The molecule has 0 radical (unpaired) electrons. The number of carbonyl (C=O) groups excluding carboxylic acids is 1. The molecule has 32 heavy (non-hydrogen) atoms. The van der Waals surface area contributed by atoms with Gasteiger partial charge < -0.3 is 15.0 Å². The van der Waals surface area contributed by atoms with E-state index in [1.165, 1.54) is 19.3 Å². The second-order valence-electron chi connectivity index (χ2n) is 8.13. The van der Waals surface area contributed by atoms with Crippen LogP contribution in [0.4, 0.5) is 0 Å². The maximum absolute atomic E-state index is 12.7. The number of likely N-dealkylation sites (tertiary alicyclic amines) is 1. The Balaban J connectivity index is 1.42. The van der Waals surface area contributed by atoms with Crippen molar-refractivity contribution in [3.63, 3.8) is 0 Å². The minimum Gasteiger partial charge on any atom is -0.457 e. The minimum absolute atomic E-state index is 0.101. The predicted octanol–water partition coefficient (Wildman–Crippen LogP) is 5.37. The molecule has 1 atom stereocenters. The first kappa shape index (κ1) is 23.2. The molecule has 1 N–H and O–H groups in total. The lowest BCUT2D eigenvalue weighted by atomic mass is 10.1. The molecule has 2 aliphatic rings. The van der Waals surface area contributed by atoms with E-state index in [-0.39, 0.29) is 11.9 Å². The molecule has 5 nitrogen and oxygen atoms in total. The second kappa shape index (κ2) is 11.8. The van der Waals surface area contributed by atoms with Gasteiger partial charge in [0, 0.05) is 29.6 Å². The zero-order chi connectivity index (χ0) is 22.2. The number of hydrogen-bond donors (Lipinski definition) is 1. The van der Waals surface area contributed by atoms with E-state index >= 15 is 0 Å². The number of benzene rings is 2. The summed E-state index contributed by atoms with van der Waals surface area (Å²) in [5.41, 5.74) is 0. The summed E-state index contributed by atoms with van der Waals surface area (Å²) in [5.74, 6) is 1.62. The van der Waals surface area contributed by atoms with Gasteiger partial charge in [-0.1, -0.05) is 30.2 Å². The molecule has 0 bridgehead atoms. The molecular weight excluding hydrogens is 442 g/mol. The number of rotatable bonds is 8. The van der Waals surface area contributed by atoms with Crippen molar-refractivity contribution in [1.82, 2.24) is 14.5 Å². The van der Waals surface area contributed by atoms with Crippen molar-refractivity contribution in [2.45, 2.75) is 36.6 Å². The van der Waals surface area contributed by atoms with Gasteiger partial charge in [-0.3, -0.25) is 4.79 Å². The summed E-state index contributed by atoms with van der Waals surface area (Å²) in [5, 5.41) is 3.70. The van der Waals surface area contributed by atoms with E-state index in [2.05, 4.69) is 20.6 Å². The van der Waals surface area contributed by atoms with Gasteiger partial charge in [-0.15, -0.1) is 0 Å². The maximum atomic E-state index is 12.7. The number of halogens is 1. The zero-order valence-corrected chi connectivity index (χ0v) is 19.8. The number of carbonyl (C=O) groups is 1. The van der Waals surface area contributed by atoms with Crippen molar-refractivity contribution >= 4 is 29.5 Å². The standard InChI is InChI=1S/C25H30ClN3O2S/c26-20-7-9-21(10-8-20)31-22-11-13-23(14-12-22)32-29(19-18-28-16-4-1-5-17-28)24-6-2-3-15-27-25(24)30/h2-3,7-14,24H,1,4-6,15-19H2,(H,27,30)/t24-/m1/s1. The Morgan fingerprint density at radius 2 is 1.69 bits per heavy atom. The molecule has 2 aromatic carbocycles. The average molecular weight is 472 g/mol. The molecule has 170 valence electrons. The molecular formula is C25H30ClN3O2S. The van der Waals surface area contributed by atoms with E-state index in [1.807, 2.05) is 54.6 Å². The Bertz CT molecular complexity index is 898. The highest BCUT2D eigenvalue weighted by atomic mass is 35.5. The quantitative estimate of drug-likeness (QED) is 0.414. The third-order valence-corrected chi connectivity index (χ3v) is 7.16. The topological polar surface area (TPSA) is 44.8 Å². The lowest BCUT2D eigenvalue weighted by molar-refractivity contribution is -0.124. The van der Waals surface area contributed by atoms with E-state index in [0.29, 0.717) is 11.6 Å². The number of piperidine rings is 1. The zero-order valence-electron chi connectivity index (χ0n) is 18.2. The molecule has 1 saturated heterocycles. The average Bonchev–Trinajstić information content (AvgIpc) is 3.04. The Morgan fingerprint density at radius 1 is 1.00 bits per heavy atom. The molecule has 7 heteroatoms. The van der Waals surface area contributed by atoms with Gasteiger partial charge in [0.2, 0.25) is 5.91 Å². The van der Waals surface area contributed by atoms with E-state index in [1.54, 1.807) is 11.9 Å². The molecule has 2 heterocycles. The van der Waals surface area contributed by atoms with Gasteiger partial charge in [-0.25, -0.2) is 4.31 Å². The van der Waals surface area contributed by atoms with Crippen LogP contribution in [0, 0.1) is 0 Å². The lowest BCUT2D eigenvalue weighted by Crippen LogP contribution is -2.45.